The Morgan fingerprint density at radius 3 is 2.64 bits per heavy atom. The normalized spacial score (nSPS) is 44.6. The monoisotopic (exact) mass is 156 g/mol. The zero-order chi connectivity index (χ0) is 8.43. The Morgan fingerprint density at radius 2 is 2.27 bits per heavy atom. The fourth-order valence-electron chi connectivity index (χ4n) is 1.24. The summed E-state index contributed by atoms with van der Waals surface area (Å²) in [6.07, 6.45) is -0.755. The largest absolute Gasteiger partial charge is 0.390 e. The van der Waals surface area contributed by atoms with Crippen molar-refractivity contribution in [2.45, 2.75) is 25.1 Å². The van der Waals surface area contributed by atoms with Crippen molar-refractivity contribution in [1.82, 2.24) is 0 Å². The first-order valence-electron chi connectivity index (χ1n) is 3.75. The summed E-state index contributed by atoms with van der Waals surface area (Å²) in [7, 11) is 7.13. The van der Waals surface area contributed by atoms with Gasteiger partial charge in [-0.25, -0.2) is 0 Å². The number of aliphatic hydroxyl groups excluding tert-OH is 1. The highest BCUT2D eigenvalue weighted by Gasteiger charge is 2.37. The van der Waals surface area contributed by atoms with Crippen LogP contribution in [0, 0.1) is 5.92 Å². The van der Waals surface area contributed by atoms with Gasteiger partial charge in [-0.3, -0.25) is 0 Å². The lowest BCUT2D eigenvalue weighted by molar-refractivity contribution is -0.0181. The lowest BCUT2D eigenvalue weighted by atomic mass is 9.86. The van der Waals surface area contributed by atoms with E-state index >= 15 is 0 Å². The maximum absolute atomic E-state index is 9.47. The second-order valence-corrected chi connectivity index (χ2v) is 2.94. The first kappa shape index (κ1) is 9.04. The summed E-state index contributed by atoms with van der Waals surface area (Å²) in [5.41, 5.74) is 0. The first-order valence-corrected chi connectivity index (χ1v) is 3.75. The molecule has 3 nitrogen and oxygen atoms in total. The molecule has 4 heteroatoms. The second kappa shape index (κ2) is 3.56. The second-order valence-electron chi connectivity index (χ2n) is 2.94. The van der Waals surface area contributed by atoms with Crippen LogP contribution in [-0.4, -0.2) is 44.9 Å². The van der Waals surface area contributed by atoms with Gasteiger partial charge in [-0.2, -0.15) is 0 Å². The Balaban J connectivity index is 2.45. The van der Waals surface area contributed by atoms with Crippen molar-refractivity contribution < 1.29 is 14.6 Å². The molecular formula is C7H13BO3. The van der Waals surface area contributed by atoms with Gasteiger partial charge in [-0.15, -0.1) is 0 Å². The van der Waals surface area contributed by atoms with Crippen LogP contribution < -0.4 is 0 Å². The summed E-state index contributed by atoms with van der Waals surface area (Å²) < 4.78 is 10.1. The summed E-state index contributed by atoms with van der Waals surface area (Å²) in [6.45, 7) is 2.27. The quantitative estimate of drug-likeness (QED) is 0.549. The van der Waals surface area contributed by atoms with Gasteiger partial charge in [0, 0.05) is 19.0 Å². The third-order valence-electron chi connectivity index (χ3n) is 2.10. The fourth-order valence-corrected chi connectivity index (χ4v) is 1.24. The van der Waals surface area contributed by atoms with Gasteiger partial charge < -0.3 is 14.6 Å². The van der Waals surface area contributed by atoms with Crippen molar-refractivity contribution >= 4 is 7.85 Å². The van der Waals surface area contributed by atoms with Crippen LogP contribution in [0.5, 0.6) is 0 Å². The molecule has 1 aliphatic heterocycles. The molecule has 1 fully saturated rings. The highest BCUT2D eigenvalue weighted by Crippen LogP contribution is 2.24. The number of rotatable bonds is 2. The Morgan fingerprint density at radius 1 is 1.64 bits per heavy atom. The average Bonchev–Trinajstić information content (AvgIpc) is 2.19. The molecule has 11 heavy (non-hydrogen) atoms. The molecule has 1 heterocycles. The van der Waals surface area contributed by atoms with Crippen LogP contribution in [0.4, 0.5) is 0 Å². The van der Waals surface area contributed by atoms with Gasteiger partial charge in [-0.05, 0) is 0 Å². The molecule has 0 amide bonds. The fraction of sp³-hybridized carbons (Fsp3) is 1.00. The van der Waals surface area contributed by atoms with Crippen molar-refractivity contribution in [3.8, 4) is 0 Å². The molecule has 62 valence electrons. The van der Waals surface area contributed by atoms with Crippen LogP contribution >= 0.6 is 0 Å². The molecule has 0 spiro atoms. The van der Waals surface area contributed by atoms with E-state index in [9.17, 15) is 5.11 Å². The van der Waals surface area contributed by atoms with Crippen molar-refractivity contribution in [3.05, 3.63) is 0 Å². The molecule has 1 N–H and O–H groups in total. The highest BCUT2D eigenvalue weighted by molar-refractivity contribution is 6.11. The predicted molar refractivity (Wildman–Crippen MR) is 41.5 cm³/mol. The Bertz CT molecular complexity index is 131. The van der Waals surface area contributed by atoms with E-state index in [4.69, 9.17) is 17.3 Å². The maximum atomic E-state index is 9.47. The number of ether oxygens (including phenoxy) is 2. The average molecular weight is 156 g/mol. The zero-order valence-corrected chi connectivity index (χ0v) is 6.86. The predicted octanol–water partition coefficient (Wildman–Crippen LogP) is -0.477. The molecule has 0 aromatic carbocycles. The van der Waals surface area contributed by atoms with Gasteiger partial charge >= 0.3 is 0 Å². The van der Waals surface area contributed by atoms with Crippen LogP contribution in [0.25, 0.3) is 0 Å². The molecule has 1 saturated heterocycles. The van der Waals surface area contributed by atoms with Crippen molar-refractivity contribution in [1.29, 1.82) is 0 Å². The molecule has 0 aliphatic carbocycles. The van der Waals surface area contributed by atoms with E-state index < -0.39 is 6.10 Å². The van der Waals surface area contributed by atoms with E-state index in [1.807, 2.05) is 6.92 Å². The topological polar surface area (TPSA) is 38.7 Å². The third kappa shape index (κ3) is 1.75. The Hall–Kier alpha value is -0.0551. The number of hydrogen-bond donors (Lipinski definition) is 1. The summed E-state index contributed by atoms with van der Waals surface area (Å²) in [5, 5.41) is 9.47. The number of methoxy groups -OCH3 is 1. The molecule has 2 radical (unpaired) electrons. The molecule has 4 atom stereocenters. The number of hydrogen-bond acceptors (Lipinski definition) is 3. The van der Waals surface area contributed by atoms with Crippen molar-refractivity contribution in [2.75, 3.05) is 13.7 Å². The van der Waals surface area contributed by atoms with Gasteiger partial charge in [0.15, 0.2) is 0 Å². The molecule has 0 bridgehead atoms. The molecule has 1 aliphatic rings. The van der Waals surface area contributed by atoms with Gasteiger partial charge in [0.25, 0.3) is 0 Å². The Labute approximate surface area is 68.1 Å². The highest BCUT2D eigenvalue weighted by atomic mass is 16.5. The van der Waals surface area contributed by atoms with E-state index in [-0.39, 0.29) is 18.0 Å². The lowest BCUT2D eigenvalue weighted by Gasteiger charge is -2.13. The minimum Gasteiger partial charge on any atom is -0.390 e. The van der Waals surface area contributed by atoms with E-state index in [0.717, 1.165) is 0 Å². The van der Waals surface area contributed by atoms with Crippen LogP contribution in [0.2, 0.25) is 0 Å². The van der Waals surface area contributed by atoms with Crippen LogP contribution in [0.1, 0.15) is 6.92 Å². The van der Waals surface area contributed by atoms with Gasteiger partial charge in [0.05, 0.1) is 12.7 Å². The molecule has 0 saturated carbocycles. The SMILES string of the molecule is [B][C@@H]1O[C@H](COC)[C@H](O)C1C. The Kier molecular flexibility index (Phi) is 2.93. The minimum absolute atomic E-state index is 0.00449. The van der Waals surface area contributed by atoms with E-state index in [0.29, 0.717) is 6.61 Å². The van der Waals surface area contributed by atoms with Gasteiger partial charge in [0.2, 0.25) is 0 Å². The molecule has 1 unspecified atom stereocenters. The van der Waals surface area contributed by atoms with Gasteiger partial charge in [0.1, 0.15) is 14.0 Å². The first-order chi connectivity index (χ1) is 5.16. The van der Waals surface area contributed by atoms with Crippen molar-refractivity contribution in [3.63, 3.8) is 0 Å². The zero-order valence-electron chi connectivity index (χ0n) is 6.86. The molecular weight excluding hydrogens is 143 g/mol. The smallest absolute Gasteiger partial charge is 0.109 e. The maximum Gasteiger partial charge on any atom is 0.109 e. The minimum atomic E-state index is -0.495. The van der Waals surface area contributed by atoms with Crippen LogP contribution in [0.15, 0.2) is 0 Å². The third-order valence-corrected chi connectivity index (χ3v) is 2.10. The van der Waals surface area contributed by atoms with E-state index in [1.165, 1.54) is 0 Å². The van der Waals surface area contributed by atoms with E-state index in [1.54, 1.807) is 7.11 Å². The summed E-state index contributed by atoms with van der Waals surface area (Å²) in [4.78, 5) is 0. The molecule has 0 aromatic rings. The van der Waals surface area contributed by atoms with Crippen LogP contribution in [0.3, 0.4) is 0 Å². The van der Waals surface area contributed by atoms with E-state index in [2.05, 4.69) is 0 Å². The lowest BCUT2D eigenvalue weighted by Crippen LogP contribution is -2.29. The van der Waals surface area contributed by atoms with Crippen LogP contribution in [-0.2, 0) is 9.47 Å². The van der Waals surface area contributed by atoms with Crippen molar-refractivity contribution in [2.24, 2.45) is 5.92 Å². The standard InChI is InChI=1S/C7H13BO3/c1-4-6(9)5(3-10-2)11-7(4)8/h4-7,9H,3H2,1-2H3/t4?,5-,6-,7-/m1/s1. The summed E-state index contributed by atoms with van der Waals surface area (Å²) in [5.74, 6) is -0.00449. The molecule has 0 aromatic heterocycles. The summed E-state index contributed by atoms with van der Waals surface area (Å²) in [6, 6.07) is -0.356. The number of aliphatic hydroxyl groups is 1. The molecule has 1 rings (SSSR count). The summed E-state index contributed by atoms with van der Waals surface area (Å²) >= 11 is 0. The van der Waals surface area contributed by atoms with Gasteiger partial charge in [-0.1, -0.05) is 6.92 Å².